The lowest BCUT2D eigenvalue weighted by atomic mass is 9.92. The van der Waals surface area contributed by atoms with Crippen LogP contribution in [0.15, 0.2) is 12.3 Å². The van der Waals surface area contributed by atoms with Gasteiger partial charge in [0, 0.05) is 6.20 Å². The molecule has 1 amide bonds. The second kappa shape index (κ2) is 9.09. The molecule has 0 radical (unpaired) electrons. The number of hydrogen-bond acceptors (Lipinski definition) is 10. The van der Waals surface area contributed by atoms with Crippen LogP contribution in [0.25, 0.3) is 0 Å². The summed E-state index contributed by atoms with van der Waals surface area (Å²) < 4.78 is 40.2. The Morgan fingerprint density at radius 3 is 2.74 bits per heavy atom. The Morgan fingerprint density at radius 1 is 1.39 bits per heavy atom. The number of hydrogen-bond donors (Lipinski definition) is 1. The number of rotatable bonds is 7. The van der Waals surface area contributed by atoms with Gasteiger partial charge in [-0.1, -0.05) is 6.92 Å². The van der Waals surface area contributed by atoms with E-state index in [2.05, 4.69) is 0 Å². The van der Waals surface area contributed by atoms with Crippen molar-refractivity contribution in [2.75, 3.05) is 13.2 Å². The molecule has 0 bridgehead atoms. The Morgan fingerprint density at radius 2 is 2.10 bits per heavy atom. The largest absolute Gasteiger partial charge is 0.475 e. The summed E-state index contributed by atoms with van der Waals surface area (Å²) in [6.45, 7) is 6.64. The highest BCUT2D eigenvalue weighted by molar-refractivity contribution is 7.48. The first-order chi connectivity index (χ1) is 14.4. The molecule has 0 aromatic carbocycles. The molecule has 174 valence electrons. The number of allylic oxidation sites excluding steroid dienone is 1. The number of amides is 1. The first-order valence-corrected chi connectivity index (χ1v) is 11.6. The highest BCUT2D eigenvalue weighted by atomic mass is 31.2. The second-order valence-corrected chi connectivity index (χ2v) is 10.1. The van der Waals surface area contributed by atoms with Gasteiger partial charge in [-0.05, 0) is 33.3 Å². The minimum Gasteiger partial charge on any atom is -0.463 e. The van der Waals surface area contributed by atoms with E-state index in [1.807, 2.05) is 0 Å². The molecule has 2 N–H and O–H groups in total. The number of carbonyl (C=O) groups excluding carboxylic acids is 3. The van der Waals surface area contributed by atoms with Crippen LogP contribution in [-0.4, -0.2) is 65.9 Å². The normalized spacial score (nSPS) is 36.6. The third-order valence-electron chi connectivity index (χ3n) is 5.27. The molecule has 31 heavy (non-hydrogen) atoms. The Balaban J connectivity index is 1.61. The molecule has 3 heterocycles. The summed E-state index contributed by atoms with van der Waals surface area (Å²) in [5.74, 6) is -1.58. The molecule has 2 fully saturated rings. The van der Waals surface area contributed by atoms with Gasteiger partial charge in [0.1, 0.15) is 12.2 Å². The van der Waals surface area contributed by atoms with Crippen LogP contribution in [0.3, 0.4) is 0 Å². The monoisotopic (exact) mass is 460 g/mol. The van der Waals surface area contributed by atoms with Gasteiger partial charge in [-0.2, -0.15) is 0 Å². The third-order valence-corrected chi connectivity index (χ3v) is 6.72. The predicted molar refractivity (Wildman–Crippen MR) is 106 cm³/mol. The Bertz CT molecular complexity index is 812. The van der Waals surface area contributed by atoms with Crippen LogP contribution in [0.2, 0.25) is 0 Å². The summed E-state index contributed by atoms with van der Waals surface area (Å²) in [5.41, 5.74) is 5.18. The molecular formula is C19H29N2O9P. The topological polar surface area (TPSA) is 144 Å². The van der Waals surface area contributed by atoms with Crippen molar-refractivity contribution < 1.29 is 42.0 Å². The zero-order valence-corrected chi connectivity index (χ0v) is 18.9. The van der Waals surface area contributed by atoms with Gasteiger partial charge in [0.25, 0.3) is 0 Å². The lowest BCUT2D eigenvalue weighted by Gasteiger charge is -2.38. The Labute approximate surface area is 180 Å². The van der Waals surface area contributed by atoms with Crippen LogP contribution < -0.4 is 5.73 Å². The number of esters is 1. The van der Waals surface area contributed by atoms with E-state index in [9.17, 15) is 18.9 Å². The zero-order valence-electron chi connectivity index (χ0n) is 18.0. The highest BCUT2D eigenvalue weighted by Gasteiger charge is 2.60. The van der Waals surface area contributed by atoms with E-state index in [0.717, 1.165) is 0 Å². The molecule has 6 atom stereocenters. The van der Waals surface area contributed by atoms with Gasteiger partial charge in [-0.25, -0.2) is 4.57 Å². The predicted octanol–water partition coefficient (Wildman–Crippen LogP) is 1.26. The van der Waals surface area contributed by atoms with Crippen molar-refractivity contribution in [2.24, 2.45) is 11.7 Å². The summed E-state index contributed by atoms with van der Waals surface area (Å²) in [4.78, 5) is 36.8. The maximum absolute atomic E-state index is 12.9. The van der Waals surface area contributed by atoms with Crippen LogP contribution in [0.1, 0.15) is 40.5 Å². The van der Waals surface area contributed by atoms with Crippen molar-refractivity contribution in [2.45, 2.75) is 70.6 Å². The standard InChI is InChI=1S/C19H29N2O9P/c1-11(2)28-17(24)12(3)6-8-26-31(25)27-10-14-16(30-31)19(4,20)18(29-14)21-7-5-13(22)9-15(21)23/h5,7,11-12,14,16,18H,6,8-10,20H2,1-4H3/t12?,14-,16-,18-,19-,31-/m1/s1. The first kappa shape index (κ1) is 24.0. The molecule has 3 aliphatic heterocycles. The van der Waals surface area contributed by atoms with E-state index in [0.29, 0.717) is 0 Å². The van der Waals surface area contributed by atoms with Crippen LogP contribution >= 0.6 is 7.82 Å². The fraction of sp³-hybridized carbons (Fsp3) is 0.737. The Kier molecular flexibility index (Phi) is 7.05. The molecule has 0 aromatic heterocycles. The van der Waals surface area contributed by atoms with Crippen molar-refractivity contribution in [1.29, 1.82) is 0 Å². The summed E-state index contributed by atoms with van der Waals surface area (Å²) in [7, 11) is -3.96. The molecular weight excluding hydrogens is 431 g/mol. The van der Waals surface area contributed by atoms with Crippen molar-refractivity contribution in [3.05, 3.63) is 12.3 Å². The van der Waals surface area contributed by atoms with E-state index in [4.69, 9.17) is 28.8 Å². The molecule has 11 nitrogen and oxygen atoms in total. The van der Waals surface area contributed by atoms with Gasteiger partial charge in [-0.3, -0.25) is 32.9 Å². The van der Waals surface area contributed by atoms with Gasteiger partial charge in [0.2, 0.25) is 5.91 Å². The minimum atomic E-state index is -3.96. The molecule has 12 heteroatoms. The molecule has 0 aliphatic carbocycles. The zero-order chi connectivity index (χ0) is 23.0. The van der Waals surface area contributed by atoms with Gasteiger partial charge in [-0.15, -0.1) is 0 Å². The summed E-state index contributed by atoms with van der Waals surface area (Å²) in [5, 5.41) is 0. The lowest BCUT2D eigenvalue weighted by Crippen LogP contribution is -2.60. The fourth-order valence-electron chi connectivity index (χ4n) is 3.56. The molecule has 0 saturated carbocycles. The first-order valence-electron chi connectivity index (χ1n) is 10.2. The third kappa shape index (κ3) is 5.24. The molecule has 1 unspecified atom stereocenters. The van der Waals surface area contributed by atoms with Crippen molar-refractivity contribution >= 4 is 25.5 Å². The molecule has 3 aliphatic rings. The summed E-state index contributed by atoms with van der Waals surface area (Å²) in [6.07, 6.45) is -0.123. The van der Waals surface area contributed by atoms with E-state index in [1.54, 1.807) is 27.7 Å². The highest BCUT2D eigenvalue weighted by Crippen LogP contribution is 2.57. The maximum atomic E-state index is 12.9. The number of phosphoric ester groups is 1. The average molecular weight is 460 g/mol. The summed E-state index contributed by atoms with van der Waals surface area (Å²) >= 11 is 0. The number of phosphoric acid groups is 1. The number of nitrogens with zero attached hydrogens (tertiary/aromatic N) is 1. The molecule has 3 rings (SSSR count). The van der Waals surface area contributed by atoms with Crippen molar-refractivity contribution in [3.63, 3.8) is 0 Å². The molecule has 0 spiro atoms. The van der Waals surface area contributed by atoms with E-state index in [1.165, 1.54) is 17.2 Å². The molecule has 0 aromatic rings. The van der Waals surface area contributed by atoms with E-state index in [-0.39, 0.29) is 43.9 Å². The number of nitrogens with two attached hydrogens (primary N) is 1. The van der Waals surface area contributed by atoms with Gasteiger partial charge in [0.05, 0.1) is 37.2 Å². The number of fused-ring (bicyclic) bond motifs is 1. The van der Waals surface area contributed by atoms with Crippen LogP contribution in [-0.2, 0) is 42.0 Å². The van der Waals surface area contributed by atoms with E-state index >= 15 is 0 Å². The smallest absolute Gasteiger partial charge is 0.463 e. The van der Waals surface area contributed by atoms with E-state index < -0.39 is 43.6 Å². The van der Waals surface area contributed by atoms with Crippen LogP contribution in [0.4, 0.5) is 0 Å². The second-order valence-electron chi connectivity index (χ2n) is 8.43. The number of ether oxygens (including phenoxy) is 2. The van der Waals surface area contributed by atoms with Crippen molar-refractivity contribution in [3.8, 4) is 0 Å². The average Bonchev–Trinajstić information content (AvgIpc) is 2.91. The maximum Gasteiger partial charge on any atom is 0.475 e. The molecule has 2 saturated heterocycles. The quantitative estimate of drug-likeness (QED) is 0.335. The minimum absolute atomic E-state index is 0.0515. The number of ketones is 1. The summed E-state index contributed by atoms with van der Waals surface area (Å²) in [6, 6.07) is 0. The van der Waals surface area contributed by atoms with Gasteiger partial charge >= 0.3 is 13.8 Å². The lowest BCUT2D eigenvalue weighted by molar-refractivity contribution is -0.152. The number of carbonyl (C=O) groups is 3. The Hall–Kier alpha value is -1.62. The van der Waals surface area contributed by atoms with Crippen LogP contribution in [0.5, 0.6) is 0 Å². The fourth-order valence-corrected chi connectivity index (χ4v) is 5.06. The van der Waals surface area contributed by atoms with Gasteiger partial charge < -0.3 is 15.2 Å². The van der Waals surface area contributed by atoms with Gasteiger partial charge in [0.15, 0.2) is 12.0 Å². The SMILES string of the molecule is CC(C)OC(=O)C(C)CCO[P@]1(=O)OC[C@H]2O[C@@H](N3C=CC(=O)CC3=O)[C@](C)(N)[C@@H]2O1. The van der Waals surface area contributed by atoms with Crippen molar-refractivity contribution in [1.82, 2.24) is 4.90 Å². The van der Waals surface area contributed by atoms with Crippen LogP contribution in [0, 0.1) is 5.92 Å².